The Balaban J connectivity index is 1.64. The van der Waals surface area contributed by atoms with Crippen LogP contribution in [-0.4, -0.2) is 41.3 Å². The highest BCUT2D eigenvalue weighted by Gasteiger charge is 2.65. The Morgan fingerprint density at radius 2 is 2.00 bits per heavy atom. The molecule has 0 aromatic rings. The molecule has 0 spiro atoms. The lowest BCUT2D eigenvalue weighted by molar-refractivity contribution is -0.186. The van der Waals surface area contributed by atoms with Crippen LogP contribution in [0.15, 0.2) is 11.6 Å². The highest BCUT2D eigenvalue weighted by Crippen LogP contribution is 2.67. The number of rotatable bonds is 4. The predicted octanol–water partition coefficient (Wildman–Crippen LogP) is 3.42. The lowest BCUT2D eigenvalue weighted by Gasteiger charge is -2.62. The summed E-state index contributed by atoms with van der Waals surface area (Å²) >= 11 is 0. The van der Waals surface area contributed by atoms with E-state index in [1.165, 1.54) is 7.11 Å². The number of fused-ring (bicyclic) bond motifs is 5. The number of carbonyl (C=O) groups excluding carboxylic acids is 2. The summed E-state index contributed by atoms with van der Waals surface area (Å²) in [4.78, 5) is 24.1. The normalized spacial score (nSPS) is 46.2. The van der Waals surface area contributed by atoms with Crippen molar-refractivity contribution < 1.29 is 24.5 Å². The summed E-state index contributed by atoms with van der Waals surface area (Å²) in [5, 5.41) is 32.4. The van der Waals surface area contributed by atoms with Crippen molar-refractivity contribution in [1.29, 1.82) is 5.26 Å². The first-order valence-corrected chi connectivity index (χ1v) is 12.2. The van der Waals surface area contributed by atoms with E-state index in [1.807, 2.05) is 6.08 Å². The Morgan fingerprint density at radius 3 is 2.66 bits per heavy atom. The summed E-state index contributed by atoms with van der Waals surface area (Å²) < 4.78 is 4.81. The van der Waals surface area contributed by atoms with Gasteiger partial charge in [0, 0.05) is 12.8 Å². The van der Waals surface area contributed by atoms with Gasteiger partial charge >= 0.3 is 5.97 Å². The number of aliphatic hydroxyl groups is 2. The number of ether oxygens (including phenoxy) is 1. The van der Waals surface area contributed by atoms with Gasteiger partial charge in [-0.05, 0) is 78.4 Å². The molecule has 2 N–H and O–H groups in total. The molecular weight excluding hydrogens is 406 g/mol. The van der Waals surface area contributed by atoms with E-state index in [4.69, 9.17) is 4.74 Å². The number of nitriles is 1. The number of nitrogens with zero attached hydrogens (tertiary/aromatic N) is 1. The van der Waals surface area contributed by atoms with Crippen molar-refractivity contribution in [2.45, 2.75) is 77.9 Å². The molecule has 3 fully saturated rings. The van der Waals surface area contributed by atoms with Crippen LogP contribution < -0.4 is 0 Å². The lowest BCUT2D eigenvalue weighted by Crippen LogP contribution is -2.61. The van der Waals surface area contributed by atoms with E-state index in [1.54, 1.807) is 0 Å². The number of aliphatic hydroxyl groups excluding tert-OH is 2. The molecule has 0 aromatic heterocycles. The Bertz CT molecular complexity index is 861. The fourth-order valence-corrected chi connectivity index (χ4v) is 8.39. The minimum absolute atomic E-state index is 0.0103. The van der Waals surface area contributed by atoms with Gasteiger partial charge in [0.25, 0.3) is 0 Å². The van der Waals surface area contributed by atoms with Crippen molar-refractivity contribution in [3.8, 4) is 6.07 Å². The molecule has 0 amide bonds. The number of hydrogen-bond donors (Lipinski definition) is 2. The van der Waals surface area contributed by atoms with Crippen molar-refractivity contribution >= 4 is 11.8 Å². The highest BCUT2D eigenvalue weighted by molar-refractivity contribution is 6.00. The molecule has 0 aliphatic heterocycles. The molecule has 32 heavy (non-hydrogen) atoms. The second-order valence-electron chi connectivity index (χ2n) is 11.3. The van der Waals surface area contributed by atoms with Gasteiger partial charge in [0.2, 0.25) is 0 Å². The molecule has 0 unspecified atom stereocenters. The van der Waals surface area contributed by atoms with Crippen LogP contribution in [0.5, 0.6) is 0 Å². The topological polar surface area (TPSA) is 108 Å². The Morgan fingerprint density at radius 1 is 1.28 bits per heavy atom. The van der Waals surface area contributed by atoms with Crippen molar-refractivity contribution in [2.75, 3.05) is 7.11 Å². The second-order valence-corrected chi connectivity index (χ2v) is 11.3. The first-order chi connectivity index (χ1) is 15.1. The van der Waals surface area contributed by atoms with E-state index < -0.39 is 12.2 Å². The van der Waals surface area contributed by atoms with Crippen LogP contribution in [0.4, 0.5) is 0 Å². The lowest BCUT2D eigenvalue weighted by atomic mass is 9.44. The molecule has 3 saturated carbocycles. The summed E-state index contributed by atoms with van der Waals surface area (Å²) in [6, 6.07) is 2.08. The molecule has 0 bridgehead atoms. The third-order valence-electron chi connectivity index (χ3n) is 10.2. The predicted molar refractivity (Wildman–Crippen MR) is 118 cm³/mol. The number of methoxy groups -OCH3 is 1. The zero-order valence-electron chi connectivity index (χ0n) is 19.7. The first kappa shape index (κ1) is 23.4. The molecule has 0 saturated heterocycles. The molecule has 6 heteroatoms. The van der Waals surface area contributed by atoms with Gasteiger partial charge in [0.1, 0.15) is 6.07 Å². The third kappa shape index (κ3) is 3.35. The largest absolute Gasteiger partial charge is 0.469 e. The van der Waals surface area contributed by atoms with Gasteiger partial charge in [0.05, 0.1) is 24.9 Å². The molecule has 0 heterocycles. The molecule has 0 radical (unpaired) electrons. The van der Waals surface area contributed by atoms with Crippen LogP contribution >= 0.6 is 0 Å². The third-order valence-corrected chi connectivity index (χ3v) is 10.2. The maximum Gasteiger partial charge on any atom is 0.305 e. The van der Waals surface area contributed by atoms with E-state index in [2.05, 4.69) is 26.8 Å². The van der Waals surface area contributed by atoms with E-state index in [0.717, 1.165) is 19.3 Å². The summed E-state index contributed by atoms with van der Waals surface area (Å²) in [7, 11) is 1.41. The average Bonchev–Trinajstić information content (AvgIpc) is 3.12. The smallest absolute Gasteiger partial charge is 0.305 e. The van der Waals surface area contributed by atoms with Crippen molar-refractivity contribution in [2.24, 2.45) is 46.3 Å². The van der Waals surface area contributed by atoms with E-state index in [-0.39, 0.29) is 63.7 Å². The van der Waals surface area contributed by atoms with Crippen LogP contribution in [0.1, 0.15) is 65.7 Å². The maximum atomic E-state index is 12.4. The van der Waals surface area contributed by atoms with Crippen LogP contribution in [0.3, 0.4) is 0 Å². The molecule has 6 nitrogen and oxygen atoms in total. The van der Waals surface area contributed by atoms with Gasteiger partial charge in [-0.1, -0.05) is 26.8 Å². The highest BCUT2D eigenvalue weighted by atomic mass is 16.5. The van der Waals surface area contributed by atoms with Gasteiger partial charge in [-0.3, -0.25) is 9.59 Å². The molecule has 10 atom stereocenters. The van der Waals surface area contributed by atoms with Gasteiger partial charge < -0.3 is 14.9 Å². The fraction of sp³-hybridized carbons (Fsp3) is 0.808. The van der Waals surface area contributed by atoms with Crippen molar-refractivity contribution in [1.82, 2.24) is 0 Å². The second kappa shape index (κ2) is 8.25. The minimum Gasteiger partial charge on any atom is -0.469 e. The Kier molecular flexibility index (Phi) is 6.05. The molecule has 4 aliphatic rings. The Hall–Kier alpha value is -1.71. The molecule has 176 valence electrons. The zero-order valence-corrected chi connectivity index (χ0v) is 19.7. The van der Waals surface area contributed by atoms with Gasteiger partial charge in [-0.25, -0.2) is 0 Å². The number of ketones is 1. The van der Waals surface area contributed by atoms with Crippen molar-refractivity contribution in [3.05, 3.63) is 11.6 Å². The van der Waals surface area contributed by atoms with E-state index in [0.29, 0.717) is 25.7 Å². The number of hydrogen-bond acceptors (Lipinski definition) is 6. The fourth-order valence-electron chi connectivity index (χ4n) is 8.39. The number of Topliss-reactive ketones (excluding diaryl/α,β-unsaturated/α-hetero) is 1. The monoisotopic (exact) mass is 443 g/mol. The summed E-state index contributed by atoms with van der Waals surface area (Å²) in [5.74, 6) is 0.524. The minimum atomic E-state index is -0.513. The van der Waals surface area contributed by atoms with Gasteiger partial charge in [0.15, 0.2) is 5.78 Å². The van der Waals surface area contributed by atoms with Crippen LogP contribution in [0, 0.1) is 57.7 Å². The standard InChI is InChI=1S/C26H37NO5/c1-14(5-8-23(31)32-4)17-6-7-18-24-19(11-22(30)26(17,18)3)25(2)12-15(13-27)20(28)9-16(25)10-21(24)29/h12,14,16-19,21-22,24,29-30H,5-11H2,1-4H3/t14-,16+,17-,18+,19+,21-,22+,24+,25+,26-/m1/s1. The quantitative estimate of drug-likeness (QED) is 0.645. The molecule has 4 aliphatic carbocycles. The Labute approximate surface area is 191 Å². The average molecular weight is 444 g/mol. The van der Waals surface area contributed by atoms with Crippen LogP contribution in [0.25, 0.3) is 0 Å². The summed E-state index contributed by atoms with van der Waals surface area (Å²) in [5.41, 5.74) is -0.435. The zero-order chi connectivity index (χ0) is 23.4. The van der Waals surface area contributed by atoms with Crippen LogP contribution in [-0.2, 0) is 14.3 Å². The van der Waals surface area contributed by atoms with Crippen molar-refractivity contribution in [3.63, 3.8) is 0 Å². The van der Waals surface area contributed by atoms with Gasteiger partial charge in [-0.2, -0.15) is 5.26 Å². The number of carbonyl (C=O) groups is 2. The maximum absolute atomic E-state index is 12.4. The summed E-state index contributed by atoms with van der Waals surface area (Å²) in [6.07, 6.45) is 5.37. The molecule has 0 aromatic carbocycles. The molecular formula is C26H37NO5. The van der Waals surface area contributed by atoms with Gasteiger partial charge in [-0.15, -0.1) is 0 Å². The number of esters is 1. The molecule has 4 rings (SSSR count). The van der Waals surface area contributed by atoms with E-state index >= 15 is 0 Å². The van der Waals surface area contributed by atoms with Crippen LogP contribution in [0.2, 0.25) is 0 Å². The number of allylic oxidation sites excluding steroid dienone is 2. The van der Waals surface area contributed by atoms with E-state index in [9.17, 15) is 25.1 Å². The summed E-state index contributed by atoms with van der Waals surface area (Å²) in [6.45, 7) is 6.49. The first-order valence-electron chi connectivity index (χ1n) is 12.2. The SMILES string of the molecule is COC(=O)CC[C@@H](C)[C@H]1CC[C@H]2[C@@H]3[C@H](O)C[C@@H]4CC(=O)C(C#N)=C[C@]4(C)[C@H]3C[C@H](O)[C@]12C.